The van der Waals surface area contributed by atoms with Crippen molar-refractivity contribution in [1.29, 1.82) is 5.26 Å². The minimum atomic E-state index is -0.655. The Hall–Kier alpha value is -1.70. The maximum Gasteiger partial charge on any atom is 0.264 e. The molecule has 0 atom stereocenters. The first-order chi connectivity index (χ1) is 5.57. The number of primary amides is 1. The number of aromatic nitrogens is 1. The maximum absolute atomic E-state index is 10.7. The van der Waals surface area contributed by atoms with E-state index in [2.05, 4.69) is 4.98 Å². The van der Waals surface area contributed by atoms with Crippen LogP contribution in [0.4, 0.5) is 0 Å². The second kappa shape index (κ2) is 2.74. The highest BCUT2D eigenvalue weighted by Crippen LogP contribution is 2.03. The number of H-pyrrole nitrogens is 1. The summed E-state index contributed by atoms with van der Waals surface area (Å²) in [6.07, 6.45) is 0. The van der Waals surface area contributed by atoms with Gasteiger partial charge in [0.1, 0.15) is 13.9 Å². The SMILES string of the molecule is [B]c1c(C(N)=O)[nH]c(C)c1C#N. The Bertz CT molecular complexity index is 375. The number of rotatable bonds is 1. The third-order valence-corrected chi connectivity index (χ3v) is 1.58. The second-order valence-corrected chi connectivity index (χ2v) is 2.39. The summed E-state index contributed by atoms with van der Waals surface area (Å²) in [5, 5.41) is 8.59. The van der Waals surface area contributed by atoms with Crippen LogP contribution in [0.1, 0.15) is 21.7 Å². The molecule has 12 heavy (non-hydrogen) atoms. The lowest BCUT2D eigenvalue weighted by Gasteiger charge is -1.90. The van der Waals surface area contributed by atoms with Gasteiger partial charge < -0.3 is 10.7 Å². The zero-order chi connectivity index (χ0) is 9.30. The molecule has 2 radical (unpaired) electrons. The van der Waals surface area contributed by atoms with Gasteiger partial charge in [-0.15, -0.1) is 0 Å². The molecule has 0 spiro atoms. The first-order valence-electron chi connectivity index (χ1n) is 3.26. The van der Waals surface area contributed by atoms with Gasteiger partial charge >= 0.3 is 0 Å². The second-order valence-electron chi connectivity index (χ2n) is 2.39. The Kier molecular flexibility index (Phi) is 1.92. The average molecular weight is 159 g/mol. The van der Waals surface area contributed by atoms with E-state index in [1.807, 2.05) is 6.07 Å². The van der Waals surface area contributed by atoms with Crippen molar-refractivity contribution >= 4 is 19.2 Å². The highest BCUT2D eigenvalue weighted by atomic mass is 16.1. The molecule has 0 aliphatic carbocycles. The van der Waals surface area contributed by atoms with Gasteiger partial charge in [-0.2, -0.15) is 5.26 Å². The number of aryl methyl sites for hydroxylation is 1. The summed E-state index contributed by atoms with van der Waals surface area (Å²) in [6, 6.07) is 1.87. The van der Waals surface area contributed by atoms with Crippen molar-refractivity contribution in [2.45, 2.75) is 6.92 Å². The molecule has 1 aromatic heterocycles. The van der Waals surface area contributed by atoms with Crippen LogP contribution >= 0.6 is 0 Å². The molecule has 0 aliphatic heterocycles. The van der Waals surface area contributed by atoms with Gasteiger partial charge in [-0.1, -0.05) is 0 Å². The van der Waals surface area contributed by atoms with Gasteiger partial charge in [-0.25, -0.2) is 0 Å². The van der Waals surface area contributed by atoms with Crippen LogP contribution in [0.5, 0.6) is 0 Å². The summed E-state index contributed by atoms with van der Waals surface area (Å²) in [7, 11) is 5.46. The van der Waals surface area contributed by atoms with Gasteiger partial charge in [-0.3, -0.25) is 4.79 Å². The lowest BCUT2D eigenvalue weighted by Crippen LogP contribution is -2.21. The number of hydrogen-bond acceptors (Lipinski definition) is 2. The highest BCUT2D eigenvalue weighted by molar-refractivity contribution is 6.37. The largest absolute Gasteiger partial charge is 0.364 e. The number of nitrogens with zero attached hydrogens (tertiary/aromatic N) is 1. The third kappa shape index (κ3) is 1.07. The van der Waals surface area contributed by atoms with Crippen LogP contribution in [-0.2, 0) is 0 Å². The third-order valence-electron chi connectivity index (χ3n) is 1.58. The molecule has 4 nitrogen and oxygen atoms in total. The molecule has 5 heteroatoms. The van der Waals surface area contributed by atoms with Gasteiger partial charge in [0, 0.05) is 5.69 Å². The molecule has 0 saturated carbocycles. The van der Waals surface area contributed by atoms with E-state index in [0.29, 0.717) is 5.69 Å². The minimum Gasteiger partial charge on any atom is -0.364 e. The number of nitrogens with two attached hydrogens (primary N) is 1. The van der Waals surface area contributed by atoms with Crippen molar-refractivity contribution in [1.82, 2.24) is 4.98 Å². The Morgan fingerprint density at radius 2 is 2.33 bits per heavy atom. The summed E-state index contributed by atoms with van der Waals surface area (Å²) < 4.78 is 0. The summed E-state index contributed by atoms with van der Waals surface area (Å²) >= 11 is 0. The Labute approximate surface area is 70.8 Å². The van der Waals surface area contributed by atoms with E-state index in [1.54, 1.807) is 6.92 Å². The molecule has 0 aliphatic rings. The number of nitrogens with one attached hydrogen (secondary N) is 1. The van der Waals surface area contributed by atoms with E-state index in [9.17, 15) is 4.79 Å². The molecule has 0 saturated heterocycles. The molecule has 58 valence electrons. The van der Waals surface area contributed by atoms with Crippen molar-refractivity contribution < 1.29 is 4.79 Å². The molecular weight excluding hydrogens is 153 g/mol. The van der Waals surface area contributed by atoms with Gasteiger partial charge in [0.05, 0.1) is 11.3 Å². The van der Waals surface area contributed by atoms with Crippen molar-refractivity contribution in [3.8, 4) is 6.07 Å². The van der Waals surface area contributed by atoms with E-state index < -0.39 is 5.91 Å². The number of hydrogen-bond donors (Lipinski definition) is 2. The zero-order valence-electron chi connectivity index (χ0n) is 6.51. The summed E-state index contributed by atoms with van der Waals surface area (Å²) in [5.41, 5.74) is 6.06. The number of carbonyl (C=O) groups excluding carboxylic acids is 1. The van der Waals surface area contributed by atoms with Gasteiger partial charge in [0.25, 0.3) is 5.91 Å². The number of aromatic amines is 1. The zero-order valence-corrected chi connectivity index (χ0v) is 6.51. The van der Waals surface area contributed by atoms with Crippen LogP contribution in [0, 0.1) is 18.3 Å². The fraction of sp³-hybridized carbons (Fsp3) is 0.143. The molecule has 0 fully saturated rings. The standard InChI is InChI=1S/C7H6BN3O/c1-3-4(2-9)5(8)6(11-3)7(10)12/h11H,1H3,(H2,10,12). The van der Waals surface area contributed by atoms with Crippen LogP contribution in [0.15, 0.2) is 0 Å². The Morgan fingerprint density at radius 3 is 2.58 bits per heavy atom. The molecular formula is C7H6BN3O. The maximum atomic E-state index is 10.7. The van der Waals surface area contributed by atoms with Crippen LogP contribution in [0.25, 0.3) is 0 Å². The smallest absolute Gasteiger partial charge is 0.264 e. The van der Waals surface area contributed by atoms with E-state index in [1.165, 1.54) is 0 Å². The van der Waals surface area contributed by atoms with Crippen molar-refractivity contribution in [3.63, 3.8) is 0 Å². The molecule has 1 amide bonds. The monoisotopic (exact) mass is 159 g/mol. The molecule has 1 aromatic rings. The van der Waals surface area contributed by atoms with Gasteiger partial charge in [0.15, 0.2) is 0 Å². The first kappa shape index (κ1) is 8.40. The fourth-order valence-electron chi connectivity index (χ4n) is 0.983. The molecule has 1 heterocycles. The molecule has 3 N–H and O–H groups in total. The quantitative estimate of drug-likeness (QED) is 0.519. The van der Waals surface area contributed by atoms with Gasteiger partial charge in [0.2, 0.25) is 0 Å². The predicted molar refractivity (Wildman–Crippen MR) is 44.2 cm³/mol. The average Bonchev–Trinajstić information content (AvgIpc) is 2.27. The predicted octanol–water partition coefficient (Wildman–Crippen LogP) is -0.913. The molecule has 1 rings (SSSR count). The normalized spacial score (nSPS) is 9.33. The molecule has 0 unspecified atom stereocenters. The van der Waals surface area contributed by atoms with E-state index in [-0.39, 0.29) is 16.7 Å². The fourth-order valence-corrected chi connectivity index (χ4v) is 0.983. The lowest BCUT2D eigenvalue weighted by atomic mass is 9.91. The van der Waals surface area contributed by atoms with Crippen LogP contribution in [0.3, 0.4) is 0 Å². The molecule has 0 aromatic carbocycles. The van der Waals surface area contributed by atoms with Gasteiger partial charge in [-0.05, 0) is 12.4 Å². The summed E-state index contributed by atoms with van der Waals surface area (Å²) in [5.74, 6) is -0.655. The van der Waals surface area contributed by atoms with Crippen molar-refractivity contribution in [2.24, 2.45) is 5.73 Å². The van der Waals surface area contributed by atoms with E-state index >= 15 is 0 Å². The van der Waals surface area contributed by atoms with E-state index in [0.717, 1.165) is 0 Å². The topological polar surface area (TPSA) is 82.7 Å². The lowest BCUT2D eigenvalue weighted by molar-refractivity contribution is 0.0997. The number of carbonyl (C=O) groups is 1. The minimum absolute atomic E-state index is 0.101. The van der Waals surface area contributed by atoms with Crippen LogP contribution in [0.2, 0.25) is 0 Å². The van der Waals surface area contributed by atoms with Crippen LogP contribution in [-0.4, -0.2) is 18.7 Å². The van der Waals surface area contributed by atoms with Crippen molar-refractivity contribution in [3.05, 3.63) is 17.0 Å². The summed E-state index contributed by atoms with van der Waals surface area (Å²) in [6.45, 7) is 1.65. The van der Waals surface area contributed by atoms with Crippen molar-refractivity contribution in [2.75, 3.05) is 0 Å². The Balaban J connectivity index is 3.39. The van der Waals surface area contributed by atoms with E-state index in [4.69, 9.17) is 18.8 Å². The molecule has 0 bridgehead atoms. The van der Waals surface area contributed by atoms with Crippen LogP contribution < -0.4 is 11.2 Å². The highest BCUT2D eigenvalue weighted by Gasteiger charge is 2.13. The number of amides is 1. The summed E-state index contributed by atoms with van der Waals surface area (Å²) in [4.78, 5) is 13.3. The number of nitriles is 1. The first-order valence-corrected chi connectivity index (χ1v) is 3.26. The Morgan fingerprint density at radius 1 is 1.75 bits per heavy atom.